The largest absolute Gasteiger partial charge is 0.391 e. The summed E-state index contributed by atoms with van der Waals surface area (Å²) in [6.45, 7) is 0.319. The van der Waals surface area contributed by atoms with Gasteiger partial charge in [0.05, 0.1) is 11.5 Å². The van der Waals surface area contributed by atoms with E-state index in [1.165, 1.54) is 0 Å². The number of benzene rings is 1. The number of carbonyl (C=O) groups excluding carboxylic acids is 1. The Bertz CT molecular complexity index is 892. The number of nitrogens with zero attached hydrogens (tertiary/aromatic N) is 3. The van der Waals surface area contributed by atoms with Gasteiger partial charge in [0.25, 0.3) is 0 Å². The Morgan fingerprint density at radius 2 is 2.04 bits per heavy atom. The lowest BCUT2D eigenvalue weighted by molar-refractivity contribution is -0.119. The first-order valence-corrected chi connectivity index (χ1v) is 7.78. The standard InChI is InChI=1S/C17H17N5O2/c18-14(24)13-8-11(23)9-22(13)17-12-6-7-19-16(12)20-15(21-17)10-4-2-1-3-5-10/h1-7,11,13,23H,8-9H2,(H2,18,24)(H,19,20,21)/t11-,13?/m0/s1. The van der Waals surface area contributed by atoms with Crippen LogP contribution in [0.4, 0.5) is 5.82 Å². The van der Waals surface area contributed by atoms with Gasteiger partial charge in [-0.15, -0.1) is 0 Å². The van der Waals surface area contributed by atoms with E-state index in [1.807, 2.05) is 36.4 Å². The fraction of sp³-hybridized carbons (Fsp3) is 0.235. The molecule has 24 heavy (non-hydrogen) atoms. The third kappa shape index (κ3) is 2.39. The van der Waals surface area contributed by atoms with Crippen molar-refractivity contribution in [2.75, 3.05) is 11.4 Å². The van der Waals surface area contributed by atoms with Crippen LogP contribution in [-0.2, 0) is 4.79 Å². The van der Waals surface area contributed by atoms with Crippen LogP contribution in [-0.4, -0.2) is 44.7 Å². The molecule has 7 heteroatoms. The van der Waals surface area contributed by atoms with Crippen LogP contribution >= 0.6 is 0 Å². The van der Waals surface area contributed by atoms with Crippen LogP contribution in [0.15, 0.2) is 42.6 Å². The van der Waals surface area contributed by atoms with Crippen LogP contribution in [0.5, 0.6) is 0 Å². The average Bonchev–Trinajstić information content (AvgIpc) is 3.21. The Morgan fingerprint density at radius 1 is 1.25 bits per heavy atom. The number of rotatable bonds is 3. The summed E-state index contributed by atoms with van der Waals surface area (Å²) in [7, 11) is 0. The van der Waals surface area contributed by atoms with Crippen molar-refractivity contribution in [3.8, 4) is 11.4 Å². The maximum Gasteiger partial charge on any atom is 0.240 e. The molecule has 1 aliphatic heterocycles. The molecular weight excluding hydrogens is 306 g/mol. The topological polar surface area (TPSA) is 108 Å². The Morgan fingerprint density at radius 3 is 2.79 bits per heavy atom. The molecule has 1 unspecified atom stereocenters. The van der Waals surface area contributed by atoms with Gasteiger partial charge in [0.1, 0.15) is 17.5 Å². The number of β-amino-alcohol motifs (C(OH)–C–C–N with tert-alkyl or cyclic N) is 1. The second-order valence-corrected chi connectivity index (χ2v) is 5.94. The molecule has 0 radical (unpaired) electrons. The predicted octanol–water partition coefficient (Wildman–Crippen LogP) is 1.05. The molecule has 0 saturated carbocycles. The molecule has 3 heterocycles. The Balaban J connectivity index is 1.88. The van der Waals surface area contributed by atoms with Gasteiger partial charge in [-0.25, -0.2) is 9.97 Å². The molecule has 4 N–H and O–H groups in total. The van der Waals surface area contributed by atoms with E-state index >= 15 is 0 Å². The number of hydrogen-bond donors (Lipinski definition) is 3. The minimum absolute atomic E-state index is 0.311. The van der Waals surface area contributed by atoms with Crippen LogP contribution in [0, 0.1) is 0 Å². The van der Waals surface area contributed by atoms with E-state index in [0.717, 1.165) is 10.9 Å². The number of amides is 1. The number of aromatic nitrogens is 3. The minimum atomic E-state index is -0.605. The summed E-state index contributed by atoms with van der Waals surface area (Å²) in [5.74, 6) is 0.709. The summed E-state index contributed by atoms with van der Waals surface area (Å²) in [5.41, 5.74) is 7.08. The third-order valence-electron chi connectivity index (χ3n) is 4.31. The molecule has 1 fully saturated rings. The Hall–Kier alpha value is -2.93. The van der Waals surface area contributed by atoms with Crippen LogP contribution in [0.25, 0.3) is 22.4 Å². The number of aliphatic hydroxyl groups excluding tert-OH is 1. The van der Waals surface area contributed by atoms with E-state index in [2.05, 4.69) is 15.0 Å². The monoisotopic (exact) mass is 323 g/mol. The highest BCUT2D eigenvalue weighted by Crippen LogP contribution is 2.31. The maximum absolute atomic E-state index is 11.8. The molecule has 2 aromatic heterocycles. The number of H-pyrrole nitrogens is 1. The second kappa shape index (κ2) is 5.61. The molecule has 122 valence electrons. The summed E-state index contributed by atoms with van der Waals surface area (Å²) >= 11 is 0. The van der Waals surface area contributed by atoms with Gasteiger partial charge in [0, 0.05) is 24.7 Å². The summed E-state index contributed by atoms with van der Waals surface area (Å²) in [6.07, 6.45) is 1.49. The average molecular weight is 323 g/mol. The molecule has 0 spiro atoms. The molecule has 1 aliphatic rings. The summed E-state index contributed by atoms with van der Waals surface area (Å²) in [4.78, 5) is 25.9. The molecule has 1 amide bonds. The lowest BCUT2D eigenvalue weighted by Gasteiger charge is -2.24. The van der Waals surface area contributed by atoms with Crippen molar-refractivity contribution in [1.82, 2.24) is 15.0 Å². The van der Waals surface area contributed by atoms with E-state index < -0.39 is 18.1 Å². The van der Waals surface area contributed by atoms with E-state index in [1.54, 1.807) is 11.1 Å². The van der Waals surface area contributed by atoms with Crippen molar-refractivity contribution in [1.29, 1.82) is 0 Å². The maximum atomic E-state index is 11.8. The lowest BCUT2D eigenvalue weighted by atomic mass is 10.2. The molecule has 0 aliphatic carbocycles. The van der Waals surface area contributed by atoms with Gasteiger partial charge in [-0.2, -0.15) is 0 Å². The zero-order valence-corrected chi connectivity index (χ0v) is 12.9. The van der Waals surface area contributed by atoms with Gasteiger partial charge in [-0.1, -0.05) is 30.3 Å². The summed E-state index contributed by atoms with van der Waals surface area (Å²) in [6, 6.07) is 10.9. The predicted molar refractivity (Wildman–Crippen MR) is 90.3 cm³/mol. The van der Waals surface area contributed by atoms with Crippen LogP contribution in [0.1, 0.15) is 6.42 Å². The second-order valence-electron chi connectivity index (χ2n) is 5.94. The summed E-state index contributed by atoms with van der Waals surface area (Å²) in [5, 5.41) is 10.8. The number of fused-ring (bicyclic) bond motifs is 1. The van der Waals surface area contributed by atoms with E-state index in [4.69, 9.17) is 5.73 Å². The van der Waals surface area contributed by atoms with E-state index in [0.29, 0.717) is 30.3 Å². The van der Waals surface area contributed by atoms with Crippen LogP contribution < -0.4 is 10.6 Å². The molecule has 1 aromatic carbocycles. The van der Waals surface area contributed by atoms with Gasteiger partial charge in [0.2, 0.25) is 5.91 Å². The molecule has 2 atom stereocenters. The molecular formula is C17H17N5O2. The van der Waals surface area contributed by atoms with Crippen molar-refractivity contribution in [3.63, 3.8) is 0 Å². The number of hydrogen-bond acceptors (Lipinski definition) is 5. The first-order valence-electron chi connectivity index (χ1n) is 7.78. The van der Waals surface area contributed by atoms with Gasteiger partial charge in [0.15, 0.2) is 5.82 Å². The number of aliphatic hydroxyl groups is 1. The number of aromatic amines is 1. The number of nitrogens with two attached hydrogens (primary N) is 1. The third-order valence-corrected chi connectivity index (χ3v) is 4.31. The Kier molecular flexibility index (Phi) is 3.42. The van der Waals surface area contributed by atoms with Gasteiger partial charge in [-0.3, -0.25) is 4.79 Å². The molecule has 7 nitrogen and oxygen atoms in total. The van der Waals surface area contributed by atoms with Crippen molar-refractivity contribution in [2.24, 2.45) is 5.73 Å². The first kappa shape index (κ1) is 14.6. The summed E-state index contributed by atoms with van der Waals surface area (Å²) < 4.78 is 0. The highest BCUT2D eigenvalue weighted by atomic mass is 16.3. The van der Waals surface area contributed by atoms with Crippen LogP contribution in [0.2, 0.25) is 0 Å². The van der Waals surface area contributed by atoms with Gasteiger partial charge >= 0.3 is 0 Å². The first-order chi connectivity index (χ1) is 11.6. The number of primary amides is 1. The highest BCUT2D eigenvalue weighted by molar-refractivity contribution is 5.93. The zero-order chi connectivity index (χ0) is 16.7. The zero-order valence-electron chi connectivity index (χ0n) is 12.9. The number of nitrogens with one attached hydrogen (secondary N) is 1. The normalized spacial score (nSPS) is 20.6. The smallest absolute Gasteiger partial charge is 0.240 e. The van der Waals surface area contributed by atoms with E-state index in [-0.39, 0.29) is 0 Å². The van der Waals surface area contributed by atoms with Crippen molar-refractivity contribution in [2.45, 2.75) is 18.6 Å². The molecule has 3 aromatic rings. The lowest BCUT2D eigenvalue weighted by Crippen LogP contribution is -2.40. The van der Waals surface area contributed by atoms with Gasteiger partial charge < -0.3 is 20.7 Å². The SMILES string of the molecule is NC(=O)C1C[C@H](O)CN1c1nc(-c2ccccc2)nc2[nH]ccc12. The van der Waals surface area contributed by atoms with Gasteiger partial charge in [-0.05, 0) is 6.07 Å². The van der Waals surface area contributed by atoms with Crippen LogP contribution in [0.3, 0.4) is 0 Å². The fourth-order valence-corrected chi connectivity index (χ4v) is 3.18. The molecule has 4 rings (SSSR count). The van der Waals surface area contributed by atoms with E-state index in [9.17, 15) is 9.90 Å². The van der Waals surface area contributed by atoms with Crippen molar-refractivity contribution < 1.29 is 9.90 Å². The number of carbonyl (C=O) groups is 1. The van der Waals surface area contributed by atoms with Crippen molar-refractivity contribution in [3.05, 3.63) is 42.6 Å². The minimum Gasteiger partial charge on any atom is -0.391 e. The molecule has 0 bridgehead atoms. The Labute approximate surface area is 138 Å². The molecule has 1 saturated heterocycles. The highest BCUT2D eigenvalue weighted by Gasteiger charge is 2.36. The van der Waals surface area contributed by atoms with Crippen molar-refractivity contribution >= 4 is 22.8 Å². The quantitative estimate of drug-likeness (QED) is 0.667. The fourth-order valence-electron chi connectivity index (χ4n) is 3.18. The number of anilines is 1.